The van der Waals surface area contributed by atoms with Crippen molar-refractivity contribution in [1.82, 2.24) is 0 Å². The maximum Gasteiger partial charge on any atom is 0.195 e. The number of carbonyl (C=O) groups excluding carboxylic acids is 1. The van der Waals surface area contributed by atoms with Gasteiger partial charge in [-0.05, 0) is 43.3 Å². The van der Waals surface area contributed by atoms with Gasteiger partial charge < -0.3 is 4.42 Å². The molecule has 0 saturated heterocycles. The van der Waals surface area contributed by atoms with Crippen molar-refractivity contribution in [2.45, 2.75) is 6.92 Å². The lowest BCUT2D eigenvalue weighted by atomic mass is 10.3. The van der Waals surface area contributed by atoms with Crippen LogP contribution < -0.4 is 0 Å². The Morgan fingerprint density at radius 1 is 1.40 bits per heavy atom. The zero-order valence-corrected chi connectivity index (χ0v) is 9.08. The Hall–Kier alpha value is -1.61. The monoisotopic (exact) mass is 218 g/mol. The smallest absolute Gasteiger partial charge is 0.195 e. The zero-order chi connectivity index (χ0) is 10.7. The van der Waals surface area contributed by atoms with Crippen molar-refractivity contribution >= 4 is 23.2 Å². The largest absolute Gasteiger partial charge is 0.465 e. The third-order valence-electron chi connectivity index (χ3n) is 1.93. The maximum atomic E-state index is 11.6. The molecule has 0 aliphatic rings. The van der Waals surface area contributed by atoms with Crippen LogP contribution in [0.1, 0.15) is 20.3 Å². The van der Waals surface area contributed by atoms with Gasteiger partial charge in [-0.25, -0.2) is 0 Å². The summed E-state index contributed by atoms with van der Waals surface area (Å²) >= 11 is 1.50. The van der Waals surface area contributed by atoms with Gasteiger partial charge in [0.15, 0.2) is 5.78 Å². The fraction of sp³-hybridized carbons (Fsp3) is 0.0833. The number of hydrogen-bond donors (Lipinski definition) is 0. The highest BCUT2D eigenvalue weighted by atomic mass is 32.1. The molecule has 0 saturated carbocycles. The summed E-state index contributed by atoms with van der Waals surface area (Å²) in [7, 11) is 0. The number of hydrogen-bond acceptors (Lipinski definition) is 3. The van der Waals surface area contributed by atoms with Gasteiger partial charge in [0.05, 0.1) is 11.1 Å². The van der Waals surface area contributed by atoms with E-state index in [1.165, 1.54) is 17.4 Å². The van der Waals surface area contributed by atoms with Crippen molar-refractivity contribution in [3.05, 3.63) is 52.1 Å². The predicted octanol–water partition coefficient (Wildman–Crippen LogP) is 3.55. The molecular formula is C12H10O2S. The Labute approximate surface area is 91.9 Å². The molecule has 0 N–H and O–H groups in total. The molecule has 2 heterocycles. The third kappa shape index (κ3) is 2.44. The van der Waals surface area contributed by atoms with Crippen LogP contribution >= 0.6 is 11.3 Å². The van der Waals surface area contributed by atoms with Crippen LogP contribution in [0.15, 0.2) is 41.0 Å². The minimum absolute atomic E-state index is 0.0181. The van der Waals surface area contributed by atoms with Crippen LogP contribution in [0.3, 0.4) is 0 Å². The van der Waals surface area contributed by atoms with Gasteiger partial charge in [-0.2, -0.15) is 0 Å². The van der Waals surface area contributed by atoms with Gasteiger partial charge in [0.2, 0.25) is 0 Å². The molecular weight excluding hydrogens is 208 g/mol. The number of aryl methyl sites for hydroxylation is 1. The predicted molar refractivity (Wildman–Crippen MR) is 61.1 cm³/mol. The number of rotatable bonds is 3. The highest BCUT2D eigenvalue weighted by Gasteiger charge is 2.03. The quantitative estimate of drug-likeness (QED) is 0.582. The molecule has 2 rings (SSSR count). The van der Waals surface area contributed by atoms with Crippen LogP contribution in [0.25, 0.3) is 6.08 Å². The number of carbonyl (C=O) groups is 1. The van der Waals surface area contributed by atoms with E-state index in [0.717, 1.165) is 9.75 Å². The van der Waals surface area contributed by atoms with Gasteiger partial charge in [0.25, 0.3) is 0 Å². The molecule has 0 aromatic carbocycles. The van der Waals surface area contributed by atoms with Gasteiger partial charge in [-0.15, -0.1) is 11.3 Å². The molecule has 2 aromatic rings. The van der Waals surface area contributed by atoms with Crippen molar-refractivity contribution in [3.63, 3.8) is 0 Å². The Balaban J connectivity index is 2.10. The van der Waals surface area contributed by atoms with E-state index in [0.29, 0.717) is 5.76 Å². The summed E-state index contributed by atoms with van der Waals surface area (Å²) in [4.78, 5) is 13.5. The van der Waals surface area contributed by atoms with Gasteiger partial charge in [-0.1, -0.05) is 0 Å². The van der Waals surface area contributed by atoms with Crippen LogP contribution in [0.2, 0.25) is 0 Å². The average molecular weight is 218 g/mol. The molecule has 0 atom stereocenters. The molecule has 0 unspecified atom stereocenters. The second-order valence-electron chi connectivity index (χ2n) is 3.12. The Kier molecular flexibility index (Phi) is 2.83. The fourth-order valence-corrected chi connectivity index (χ4v) is 1.98. The van der Waals surface area contributed by atoms with Gasteiger partial charge >= 0.3 is 0 Å². The molecule has 0 bridgehead atoms. The Morgan fingerprint density at radius 3 is 2.87 bits per heavy atom. The topological polar surface area (TPSA) is 30.2 Å². The van der Waals surface area contributed by atoms with Crippen molar-refractivity contribution in [3.8, 4) is 0 Å². The second kappa shape index (κ2) is 4.28. The van der Waals surface area contributed by atoms with Crippen LogP contribution in [0.5, 0.6) is 0 Å². The van der Waals surface area contributed by atoms with Crippen LogP contribution in [0, 0.1) is 6.92 Å². The molecule has 2 aromatic heterocycles. The van der Waals surface area contributed by atoms with E-state index in [4.69, 9.17) is 4.42 Å². The van der Waals surface area contributed by atoms with E-state index >= 15 is 0 Å². The first-order valence-corrected chi connectivity index (χ1v) is 5.40. The minimum atomic E-state index is 0.0181. The summed E-state index contributed by atoms with van der Waals surface area (Å²) in [6, 6.07) is 7.39. The summed E-state index contributed by atoms with van der Waals surface area (Å²) in [6.07, 6.45) is 4.79. The molecule has 0 spiro atoms. The molecule has 76 valence electrons. The highest BCUT2D eigenvalue weighted by molar-refractivity contribution is 7.14. The lowest BCUT2D eigenvalue weighted by Gasteiger charge is -1.87. The first kappa shape index (κ1) is 9.93. The SMILES string of the molecule is Cc1ccc(C(=O)/C=C/c2ccco2)s1. The van der Waals surface area contributed by atoms with E-state index in [1.54, 1.807) is 18.4 Å². The summed E-state index contributed by atoms with van der Waals surface area (Å²) in [5.41, 5.74) is 0. The van der Waals surface area contributed by atoms with Crippen LogP contribution in [0.4, 0.5) is 0 Å². The summed E-state index contributed by atoms with van der Waals surface area (Å²) in [5.74, 6) is 0.709. The molecule has 0 amide bonds. The zero-order valence-electron chi connectivity index (χ0n) is 8.27. The summed E-state index contributed by atoms with van der Waals surface area (Å²) in [6.45, 7) is 1.98. The van der Waals surface area contributed by atoms with Gasteiger partial charge in [-0.3, -0.25) is 4.79 Å². The first-order valence-electron chi connectivity index (χ1n) is 4.58. The van der Waals surface area contributed by atoms with E-state index in [1.807, 2.05) is 25.1 Å². The number of allylic oxidation sites excluding steroid dienone is 1. The summed E-state index contributed by atoms with van der Waals surface area (Å²) in [5, 5.41) is 0. The number of furan rings is 1. The van der Waals surface area contributed by atoms with Crippen LogP contribution in [-0.4, -0.2) is 5.78 Å². The summed E-state index contributed by atoms with van der Waals surface area (Å²) < 4.78 is 5.09. The standard InChI is InChI=1S/C12H10O2S/c1-9-4-7-12(15-9)11(13)6-5-10-3-2-8-14-10/h2-8H,1H3/b6-5+. The lowest BCUT2D eigenvalue weighted by molar-refractivity contribution is 0.105. The van der Waals surface area contributed by atoms with E-state index in [9.17, 15) is 4.79 Å². The molecule has 0 aliphatic heterocycles. The van der Waals surface area contributed by atoms with Gasteiger partial charge in [0.1, 0.15) is 5.76 Å². The Bertz CT molecular complexity index is 477. The molecule has 0 aliphatic carbocycles. The maximum absolute atomic E-state index is 11.6. The molecule has 2 nitrogen and oxygen atoms in total. The Morgan fingerprint density at radius 2 is 2.27 bits per heavy atom. The van der Waals surface area contributed by atoms with Crippen LogP contribution in [-0.2, 0) is 0 Å². The third-order valence-corrected chi connectivity index (χ3v) is 2.94. The second-order valence-corrected chi connectivity index (χ2v) is 4.41. The molecule has 3 heteroatoms. The van der Waals surface area contributed by atoms with E-state index < -0.39 is 0 Å². The van der Waals surface area contributed by atoms with Crippen molar-refractivity contribution in [2.75, 3.05) is 0 Å². The average Bonchev–Trinajstić information content (AvgIpc) is 2.84. The van der Waals surface area contributed by atoms with E-state index in [-0.39, 0.29) is 5.78 Å². The molecule has 15 heavy (non-hydrogen) atoms. The van der Waals surface area contributed by atoms with Gasteiger partial charge in [0, 0.05) is 4.88 Å². The molecule has 0 fully saturated rings. The minimum Gasteiger partial charge on any atom is -0.465 e. The number of ketones is 1. The molecule has 0 radical (unpaired) electrons. The van der Waals surface area contributed by atoms with Crippen molar-refractivity contribution < 1.29 is 9.21 Å². The van der Waals surface area contributed by atoms with E-state index in [2.05, 4.69) is 0 Å². The highest BCUT2D eigenvalue weighted by Crippen LogP contribution is 2.16. The fourth-order valence-electron chi connectivity index (χ4n) is 1.19. The lowest BCUT2D eigenvalue weighted by Crippen LogP contribution is -1.88. The first-order chi connectivity index (χ1) is 7.25. The van der Waals surface area contributed by atoms with Crippen molar-refractivity contribution in [1.29, 1.82) is 0 Å². The normalized spacial score (nSPS) is 11.0. The number of thiophene rings is 1. The van der Waals surface area contributed by atoms with Crippen molar-refractivity contribution in [2.24, 2.45) is 0 Å².